The summed E-state index contributed by atoms with van der Waals surface area (Å²) in [6.07, 6.45) is 0.285. The van der Waals surface area contributed by atoms with Crippen molar-refractivity contribution in [3.8, 4) is 5.75 Å². The molecule has 1 saturated heterocycles. The van der Waals surface area contributed by atoms with Crippen molar-refractivity contribution in [2.75, 3.05) is 26.4 Å². The second kappa shape index (κ2) is 6.73. The van der Waals surface area contributed by atoms with Crippen molar-refractivity contribution in [2.24, 2.45) is 5.92 Å². The van der Waals surface area contributed by atoms with Crippen molar-refractivity contribution in [1.82, 2.24) is 0 Å². The zero-order chi connectivity index (χ0) is 12.8. The number of rotatable bonds is 8. The Morgan fingerprint density at radius 3 is 2.72 bits per heavy atom. The summed E-state index contributed by atoms with van der Waals surface area (Å²) in [5, 5.41) is 8.87. The summed E-state index contributed by atoms with van der Waals surface area (Å²) in [4.78, 5) is 0. The van der Waals surface area contributed by atoms with Gasteiger partial charge in [0.05, 0.1) is 19.8 Å². The molecule has 2 atom stereocenters. The first-order valence-electron chi connectivity index (χ1n) is 6.30. The average molecular weight is 252 g/mol. The Labute approximate surface area is 107 Å². The predicted octanol–water partition coefficient (Wildman–Crippen LogP) is 1.61. The third-order valence-corrected chi connectivity index (χ3v) is 2.74. The number of hydrogen-bond donors (Lipinski definition) is 1. The van der Waals surface area contributed by atoms with E-state index in [1.54, 1.807) is 0 Å². The van der Waals surface area contributed by atoms with Crippen LogP contribution in [0.4, 0.5) is 0 Å². The third-order valence-electron chi connectivity index (χ3n) is 2.74. The number of aliphatic hydroxyl groups is 1. The van der Waals surface area contributed by atoms with Crippen LogP contribution in [0.1, 0.15) is 12.5 Å². The molecule has 1 heterocycles. The van der Waals surface area contributed by atoms with Crippen LogP contribution in [0.15, 0.2) is 24.3 Å². The van der Waals surface area contributed by atoms with E-state index in [9.17, 15) is 0 Å². The molecule has 1 aromatic carbocycles. The molecule has 0 saturated carbocycles. The van der Waals surface area contributed by atoms with Gasteiger partial charge in [-0.2, -0.15) is 0 Å². The van der Waals surface area contributed by atoms with Crippen molar-refractivity contribution in [3.05, 3.63) is 29.8 Å². The maximum atomic E-state index is 8.87. The fraction of sp³-hybridized carbons (Fsp3) is 0.571. The van der Waals surface area contributed by atoms with Crippen LogP contribution < -0.4 is 4.74 Å². The van der Waals surface area contributed by atoms with Crippen molar-refractivity contribution >= 4 is 0 Å². The fourth-order valence-electron chi connectivity index (χ4n) is 1.47. The highest BCUT2D eigenvalue weighted by atomic mass is 16.6. The Morgan fingerprint density at radius 1 is 1.39 bits per heavy atom. The maximum absolute atomic E-state index is 8.87. The lowest BCUT2D eigenvalue weighted by atomic mass is 10.2. The van der Waals surface area contributed by atoms with Crippen molar-refractivity contribution < 1.29 is 19.3 Å². The van der Waals surface area contributed by atoms with E-state index >= 15 is 0 Å². The molecule has 0 amide bonds. The van der Waals surface area contributed by atoms with E-state index in [1.807, 2.05) is 31.2 Å². The van der Waals surface area contributed by atoms with Crippen LogP contribution in [0.5, 0.6) is 5.75 Å². The van der Waals surface area contributed by atoms with Gasteiger partial charge in [-0.15, -0.1) is 0 Å². The Morgan fingerprint density at radius 2 is 2.11 bits per heavy atom. The van der Waals surface area contributed by atoms with Gasteiger partial charge in [0.2, 0.25) is 0 Å². The maximum Gasteiger partial charge on any atom is 0.119 e. The highest BCUT2D eigenvalue weighted by Gasteiger charge is 2.22. The quantitative estimate of drug-likeness (QED) is 0.714. The highest BCUT2D eigenvalue weighted by Crippen LogP contribution is 2.16. The summed E-state index contributed by atoms with van der Waals surface area (Å²) in [5.41, 5.74) is 1.11. The van der Waals surface area contributed by atoms with Crippen LogP contribution in [0, 0.1) is 5.92 Å². The first-order valence-corrected chi connectivity index (χ1v) is 6.30. The Kier molecular flexibility index (Phi) is 4.99. The normalized spacial score (nSPS) is 19.6. The first kappa shape index (κ1) is 13.3. The van der Waals surface area contributed by atoms with Gasteiger partial charge in [0.15, 0.2) is 0 Å². The average Bonchev–Trinajstić information content (AvgIpc) is 3.21. The number of benzene rings is 1. The lowest BCUT2D eigenvalue weighted by molar-refractivity contribution is 0.0696. The van der Waals surface area contributed by atoms with E-state index in [2.05, 4.69) is 0 Å². The molecule has 2 rings (SSSR count). The lowest BCUT2D eigenvalue weighted by Gasteiger charge is -2.09. The molecule has 1 aliphatic rings. The summed E-state index contributed by atoms with van der Waals surface area (Å²) >= 11 is 0. The molecule has 18 heavy (non-hydrogen) atoms. The second-order valence-corrected chi connectivity index (χ2v) is 4.71. The first-order chi connectivity index (χ1) is 8.78. The second-order valence-electron chi connectivity index (χ2n) is 4.71. The largest absolute Gasteiger partial charge is 0.491 e. The van der Waals surface area contributed by atoms with E-state index < -0.39 is 0 Å². The van der Waals surface area contributed by atoms with Crippen molar-refractivity contribution in [2.45, 2.75) is 19.6 Å². The molecule has 1 N–H and O–H groups in total. The van der Waals surface area contributed by atoms with E-state index in [4.69, 9.17) is 19.3 Å². The van der Waals surface area contributed by atoms with Gasteiger partial charge in [0.1, 0.15) is 18.5 Å². The molecule has 0 bridgehead atoms. The van der Waals surface area contributed by atoms with E-state index in [1.165, 1.54) is 0 Å². The van der Waals surface area contributed by atoms with Gasteiger partial charge < -0.3 is 19.3 Å². The van der Waals surface area contributed by atoms with Gasteiger partial charge in [-0.05, 0) is 17.7 Å². The zero-order valence-electron chi connectivity index (χ0n) is 10.7. The van der Waals surface area contributed by atoms with Crippen LogP contribution in [-0.4, -0.2) is 37.6 Å². The smallest absolute Gasteiger partial charge is 0.119 e. The van der Waals surface area contributed by atoms with E-state index in [-0.39, 0.29) is 18.6 Å². The number of ether oxygens (including phenoxy) is 3. The van der Waals surface area contributed by atoms with Crippen molar-refractivity contribution in [3.63, 3.8) is 0 Å². The van der Waals surface area contributed by atoms with Crippen LogP contribution in [-0.2, 0) is 16.1 Å². The summed E-state index contributed by atoms with van der Waals surface area (Å²) in [5.74, 6) is 1.05. The van der Waals surface area contributed by atoms with Crippen LogP contribution in [0.2, 0.25) is 0 Å². The Hall–Kier alpha value is -1.10. The number of epoxide rings is 1. The Balaban J connectivity index is 1.69. The van der Waals surface area contributed by atoms with Gasteiger partial charge in [0.25, 0.3) is 0 Å². The molecule has 1 aromatic rings. The predicted molar refractivity (Wildman–Crippen MR) is 67.6 cm³/mol. The summed E-state index contributed by atoms with van der Waals surface area (Å²) in [6, 6.07) is 7.87. The fourth-order valence-corrected chi connectivity index (χ4v) is 1.47. The summed E-state index contributed by atoms with van der Waals surface area (Å²) < 4.78 is 16.1. The van der Waals surface area contributed by atoms with Gasteiger partial charge in [-0.3, -0.25) is 0 Å². The zero-order valence-corrected chi connectivity index (χ0v) is 10.7. The molecular formula is C14H20O4. The molecule has 0 aliphatic carbocycles. The molecule has 4 heteroatoms. The molecule has 4 nitrogen and oxygen atoms in total. The minimum absolute atomic E-state index is 0.163. The van der Waals surface area contributed by atoms with Crippen LogP contribution >= 0.6 is 0 Å². The van der Waals surface area contributed by atoms with Crippen LogP contribution in [0.3, 0.4) is 0 Å². The number of hydrogen-bond acceptors (Lipinski definition) is 4. The molecule has 0 spiro atoms. The molecule has 2 unspecified atom stereocenters. The minimum atomic E-state index is 0.163. The lowest BCUT2D eigenvalue weighted by Crippen LogP contribution is -2.09. The van der Waals surface area contributed by atoms with E-state index in [0.29, 0.717) is 19.8 Å². The molecule has 1 fully saturated rings. The minimum Gasteiger partial charge on any atom is -0.491 e. The molecule has 1 aliphatic heterocycles. The highest BCUT2D eigenvalue weighted by molar-refractivity contribution is 5.26. The topological polar surface area (TPSA) is 51.2 Å². The van der Waals surface area contributed by atoms with Gasteiger partial charge in [-0.25, -0.2) is 0 Å². The van der Waals surface area contributed by atoms with Crippen LogP contribution in [0.25, 0.3) is 0 Å². The molecule has 100 valence electrons. The molecule has 0 radical (unpaired) electrons. The third kappa shape index (κ3) is 4.64. The van der Waals surface area contributed by atoms with E-state index in [0.717, 1.165) is 17.9 Å². The number of aliphatic hydroxyl groups excluding tert-OH is 1. The van der Waals surface area contributed by atoms with Gasteiger partial charge in [0, 0.05) is 12.5 Å². The summed E-state index contributed by atoms with van der Waals surface area (Å²) in [6.45, 7) is 4.70. The molecule has 0 aromatic heterocycles. The van der Waals surface area contributed by atoms with Gasteiger partial charge >= 0.3 is 0 Å². The Bertz CT molecular complexity index is 345. The SMILES string of the molecule is CC(CO)COCc1ccc(OCC2CO2)cc1. The monoisotopic (exact) mass is 252 g/mol. The molecular weight excluding hydrogens is 232 g/mol. The van der Waals surface area contributed by atoms with Gasteiger partial charge in [-0.1, -0.05) is 19.1 Å². The van der Waals surface area contributed by atoms with Crippen molar-refractivity contribution in [1.29, 1.82) is 0 Å². The summed E-state index contributed by atoms with van der Waals surface area (Å²) in [7, 11) is 0. The standard InChI is InChI=1S/C14H20O4/c1-11(6-15)7-16-8-12-2-4-13(5-3-12)17-9-14-10-18-14/h2-5,11,14-15H,6-10H2,1H3.